The van der Waals surface area contributed by atoms with E-state index in [4.69, 9.17) is 10.2 Å². The Morgan fingerprint density at radius 1 is 1.36 bits per heavy atom. The van der Waals surface area contributed by atoms with Crippen molar-refractivity contribution in [2.75, 3.05) is 19.8 Å². The van der Waals surface area contributed by atoms with Gasteiger partial charge in [0.05, 0.1) is 18.8 Å². The van der Waals surface area contributed by atoms with Crippen LogP contribution in [-0.2, 0) is 13.1 Å². The summed E-state index contributed by atoms with van der Waals surface area (Å²) in [5, 5.41) is 28.0. The topological polar surface area (TPSA) is 83.2 Å². The number of hydrogen-bond donors (Lipinski definition) is 3. The van der Waals surface area contributed by atoms with Crippen molar-refractivity contribution < 1.29 is 10.2 Å². The van der Waals surface area contributed by atoms with Gasteiger partial charge in [0.25, 0.3) is 0 Å². The largest absolute Gasteiger partial charge is 0.396 e. The molecule has 0 fully saturated rings. The molecule has 1 aromatic heterocycles. The maximum absolute atomic E-state index is 8.64. The lowest BCUT2D eigenvalue weighted by Gasteiger charge is -1.98. The number of nitrogens with zero attached hydrogens (tertiary/aromatic N) is 3. The predicted molar refractivity (Wildman–Crippen MR) is 50.5 cm³/mol. The number of aliphatic hydroxyl groups excluding tert-OH is 2. The molecule has 1 aromatic rings. The molecule has 1 rings (SSSR count). The van der Waals surface area contributed by atoms with E-state index in [-0.39, 0.29) is 13.2 Å². The summed E-state index contributed by atoms with van der Waals surface area (Å²) in [5.74, 6) is 0. The standard InChI is InChI=1S/C8H16N4O2/c13-4-1-2-9-6-8-7-12(3-5-14)11-10-8/h7,9,13-14H,1-6H2. The van der Waals surface area contributed by atoms with Crippen LogP contribution in [0.2, 0.25) is 0 Å². The van der Waals surface area contributed by atoms with Crippen LogP contribution in [0.3, 0.4) is 0 Å². The van der Waals surface area contributed by atoms with Crippen LogP contribution in [-0.4, -0.2) is 45.0 Å². The van der Waals surface area contributed by atoms with E-state index >= 15 is 0 Å². The highest BCUT2D eigenvalue weighted by molar-refractivity contribution is 4.91. The predicted octanol–water partition coefficient (Wildman–Crippen LogP) is -1.26. The third-order valence-corrected chi connectivity index (χ3v) is 1.73. The molecule has 0 unspecified atom stereocenters. The Labute approximate surface area is 82.6 Å². The third-order valence-electron chi connectivity index (χ3n) is 1.73. The number of rotatable bonds is 7. The summed E-state index contributed by atoms with van der Waals surface area (Å²) in [7, 11) is 0. The lowest BCUT2D eigenvalue weighted by molar-refractivity contribution is 0.268. The van der Waals surface area contributed by atoms with Gasteiger partial charge in [-0.15, -0.1) is 5.10 Å². The first kappa shape index (κ1) is 11.1. The molecule has 0 spiro atoms. The normalized spacial score (nSPS) is 10.7. The van der Waals surface area contributed by atoms with Crippen molar-refractivity contribution in [3.8, 4) is 0 Å². The molecule has 0 saturated heterocycles. The van der Waals surface area contributed by atoms with Gasteiger partial charge < -0.3 is 15.5 Å². The van der Waals surface area contributed by atoms with E-state index < -0.39 is 0 Å². The smallest absolute Gasteiger partial charge is 0.0964 e. The second-order valence-corrected chi connectivity index (χ2v) is 2.95. The Balaban J connectivity index is 2.22. The van der Waals surface area contributed by atoms with Gasteiger partial charge in [0, 0.05) is 19.3 Å². The summed E-state index contributed by atoms with van der Waals surface area (Å²) in [6.45, 7) is 2.16. The van der Waals surface area contributed by atoms with Gasteiger partial charge >= 0.3 is 0 Å². The van der Waals surface area contributed by atoms with E-state index in [0.717, 1.165) is 18.7 Å². The monoisotopic (exact) mass is 200 g/mol. The van der Waals surface area contributed by atoms with Crippen LogP contribution in [0.1, 0.15) is 12.1 Å². The summed E-state index contributed by atoms with van der Waals surface area (Å²) >= 11 is 0. The highest BCUT2D eigenvalue weighted by Gasteiger charge is 1.98. The molecule has 14 heavy (non-hydrogen) atoms. The van der Waals surface area contributed by atoms with Crippen LogP contribution in [0, 0.1) is 0 Å². The van der Waals surface area contributed by atoms with E-state index in [2.05, 4.69) is 15.6 Å². The van der Waals surface area contributed by atoms with Crippen molar-refractivity contribution in [1.29, 1.82) is 0 Å². The average molecular weight is 200 g/mol. The van der Waals surface area contributed by atoms with Crippen LogP contribution in [0.25, 0.3) is 0 Å². The SMILES string of the molecule is OCCCNCc1cn(CCO)nn1. The van der Waals surface area contributed by atoms with Crippen molar-refractivity contribution in [1.82, 2.24) is 20.3 Å². The van der Waals surface area contributed by atoms with E-state index in [9.17, 15) is 0 Å². The molecule has 0 aliphatic rings. The number of aromatic nitrogens is 3. The first-order chi connectivity index (χ1) is 6.86. The first-order valence-electron chi connectivity index (χ1n) is 4.68. The molecule has 3 N–H and O–H groups in total. The van der Waals surface area contributed by atoms with Crippen molar-refractivity contribution in [3.05, 3.63) is 11.9 Å². The molecule has 6 nitrogen and oxygen atoms in total. The first-order valence-corrected chi connectivity index (χ1v) is 4.68. The highest BCUT2D eigenvalue weighted by Crippen LogP contribution is 1.91. The summed E-state index contributed by atoms with van der Waals surface area (Å²) in [6.07, 6.45) is 2.53. The molecule has 0 radical (unpaired) electrons. The Hall–Kier alpha value is -0.980. The molecule has 1 heterocycles. The molecule has 0 bridgehead atoms. The minimum Gasteiger partial charge on any atom is -0.396 e. The van der Waals surface area contributed by atoms with Crippen LogP contribution in [0.4, 0.5) is 0 Å². The Morgan fingerprint density at radius 3 is 2.93 bits per heavy atom. The highest BCUT2D eigenvalue weighted by atomic mass is 16.3. The fourth-order valence-corrected chi connectivity index (χ4v) is 1.05. The van der Waals surface area contributed by atoms with Gasteiger partial charge in [-0.3, -0.25) is 0 Å². The summed E-state index contributed by atoms with van der Waals surface area (Å²) < 4.78 is 1.60. The number of hydrogen-bond acceptors (Lipinski definition) is 5. The maximum atomic E-state index is 8.64. The molecule has 80 valence electrons. The van der Waals surface area contributed by atoms with Crippen molar-refractivity contribution in [2.45, 2.75) is 19.5 Å². The second kappa shape index (κ2) is 6.47. The molecule has 0 aliphatic carbocycles. The van der Waals surface area contributed by atoms with Crippen molar-refractivity contribution in [3.63, 3.8) is 0 Å². The van der Waals surface area contributed by atoms with Crippen molar-refractivity contribution >= 4 is 0 Å². The van der Waals surface area contributed by atoms with Crippen molar-refractivity contribution in [2.24, 2.45) is 0 Å². The van der Waals surface area contributed by atoms with Gasteiger partial charge in [0.15, 0.2) is 0 Å². The minimum absolute atomic E-state index is 0.0702. The molecule has 6 heteroatoms. The van der Waals surface area contributed by atoms with Crippen LogP contribution in [0.15, 0.2) is 6.20 Å². The van der Waals surface area contributed by atoms with Gasteiger partial charge in [-0.05, 0) is 13.0 Å². The van der Waals surface area contributed by atoms with Gasteiger partial charge in [-0.2, -0.15) is 0 Å². The lowest BCUT2D eigenvalue weighted by Crippen LogP contribution is -2.15. The Morgan fingerprint density at radius 2 is 2.21 bits per heavy atom. The molecular weight excluding hydrogens is 184 g/mol. The van der Waals surface area contributed by atoms with Crippen LogP contribution < -0.4 is 5.32 Å². The van der Waals surface area contributed by atoms with Crippen LogP contribution in [0.5, 0.6) is 0 Å². The molecule has 0 aromatic carbocycles. The molecule has 0 amide bonds. The van der Waals surface area contributed by atoms with E-state index in [0.29, 0.717) is 13.1 Å². The zero-order valence-electron chi connectivity index (χ0n) is 8.06. The lowest BCUT2D eigenvalue weighted by atomic mass is 10.4. The van der Waals surface area contributed by atoms with Gasteiger partial charge in [0.1, 0.15) is 0 Å². The zero-order chi connectivity index (χ0) is 10.2. The Kier molecular flexibility index (Phi) is 5.13. The number of aliphatic hydroxyl groups is 2. The zero-order valence-corrected chi connectivity index (χ0v) is 8.06. The van der Waals surface area contributed by atoms with Gasteiger partial charge in [-0.25, -0.2) is 4.68 Å². The quantitative estimate of drug-likeness (QED) is 0.479. The molecule has 0 saturated carbocycles. The second-order valence-electron chi connectivity index (χ2n) is 2.95. The van der Waals surface area contributed by atoms with Gasteiger partial charge in [0.2, 0.25) is 0 Å². The fourth-order valence-electron chi connectivity index (χ4n) is 1.05. The summed E-state index contributed by atoms with van der Waals surface area (Å²) in [6, 6.07) is 0. The van der Waals surface area contributed by atoms with Gasteiger partial charge in [-0.1, -0.05) is 5.21 Å². The maximum Gasteiger partial charge on any atom is 0.0964 e. The number of nitrogens with one attached hydrogen (secondary N) is 1. The van der Waals surface area contributed by atoms with E-state index in [1.54, 1.807) is 10.9 Å². The summed E-state index contributed by atoms with van der Waals surface area (Å²) in [4.78, 5) is 0. The fraction of sp³-hybridized carbons (Fsp3) is 0.750. The van der Waals surface area contributed by atoms with Crippen LogP contribution >= 0.6 is 0 Å². The molecule has 0 aliphatic heterocycles. The third kappa shape index (κ3) is 3.82. The molecular formula is C8H16N4O2. The minimum atomic E-state index is 0.0702. The molecule has 0 atom stereocenters. The average Bonchev–Trinajstić information content (AvgIpc) is 2.61. The van der Waals surface area contributed by atoms with E-state index in [1.165, 1.54) is 0 Å². The van der Waals surface area contributed by atoms with E-state index in [1.807, 2.05) is 0 Å². The summed E-state index contributed by atoms with van der Waals surface area (Å²) in [5.41, 5.74) is 0.844. The Bertz CT molecular complexity index is 251.